The van der Waals surface area contributed by atoms with E-state index < -0.39 is 0 Å². The summed E-state index contributed by atoms with van der Waals surface area (Å²) < 4.78 is 1.18. The number of fused-ring (bicyclic) bond motifs is 1. The van der Waals surface area contributed by atoms with Crippen LogP contribution in [0.25, 0.3) is 0 Å². The lowest BCUT2D eigenvalue weighted by Crippen LogP contribution is -2.22. The van der Waals surface area contributed by atoms with Gasteiger partial charge in [0.05, 0.1) is 0 Å². The van der Waals surface area contributed by atoms with Gasteiger partial charge >= 0.3 is 0 Å². The normalized spacial score (nSPS) is 18.3. The van der Waals surface area contributed by atoms with Crippen molar-refractivity contribution in [3.05, 3.63) is 21.4 Å². The molecule has 0 aliphatic carbocycles. The van der Waals surface area contributed by atoms with Gasteiger partial charge in [0.15, 0.2) is 5.82 Å². The van der Waals surface area contributed by atoms with Crippen LogP contribution in [0.5, 0.6) is 0 Å². The number of halogens is 1. The van der Waals surface area contributed by atoms with Gasteiger partial charge in [-0.05, 0) is 35.6 Å². The maximum absolute atomic E-state index is 4.45. The average Bonchev–Trinajstić information content (AvgIpc) is 2.27. The number of nitrogens with zero attached hydrogens (tertiary/aromatic N) is 2. The third-order valence-corrected chi connectivity index (χ3v) is 3.27. The predicted octanol–water partition coefficient (Wildman–Crippen LogP) is 3.07. The molecule has 0 saturated carbocycles. The van der Waals surface area contributed by atoms with E-state index in [1.807, 2.05) is 6.20 Å². The molecule has 1 aliphatic heterocycles. The molecule has 0 aromatic carbocycles. The van der Waals surface area contributed by atoms with Crippen molar-refractivity contribution in [2.24, 2.45) is 4.99 Å². The van der Waals surface area contributed by atoms with Gasteiger partial charge in [-0.3, -0.25) is 0 Å². The first-order valence-electron chi connectivity index (χ1n) is 4.23. The molecule has 0 radical (unpaired) electrons. The topological polar surface area (TPSA) is 25.2 Å². The summed E-state index contributed by atoms with van der Waals surface area (Å²) in [5.41, 5.74) is 2.46. The molecule has 0 unspecified atom stereocenters. The fraction of sp³-hybridized carbons (Fsp3) is 0.400. The molecule has 3 heteroatoms. The smallest absolute Gasteiger partial charge is 0.155 e. The third-order valence-electron chi connectivity index (χ3n) is 2.68. The summed E-state index contributed by atoms with van der Waals surface area (Å²) in [6, 6.07) is 2.17. The second-order valence-electron chi connectivity index (χ2n) is 3.85. The van der Waals surface area contributed by atoms with Gasteiger partial charge in [-0.25, -0.2) is 9.98 Å². The summed E-state index contributed by atoms with van der Waals surface area (Å²) in [5.74, 6) is 0.892. The Morgan fingerprint density at radius 3 is 2.77 bits per heavy atom. The molecule has 68 valence electrons. The first kappa shape index (κ1) is 9.12. The Kier molecular flexibility index (Phi) is 1.94. The van der Waals surface area contributed by atoms with E-state index in [-0.39, 0.29) is 5.41 Å². The van der Waals surface area contributed by atoms with Crippen molar-refractivity contribution in [1.82, 2.24) is 4.98 Å². The van der Waals surface area contributed by atoms with Crippen molar-refractivity contribution in [3.63, 3.8) is 0 Å². The van der Waals surface area contributed by atoms with Crippen LogP contribution in [-0.2, 0) is 5.41 Å². The van der Waals surface area contributed by atoms with E-state index in [1.54, 1.807) is 0 Å². The second kappa shape index (κ2) is 2.77. The maximum Gasteiger partial charge on any atom is 0.155 e. The summed E-state index contributed by atoms with van der Waals surface area (Å²) in [6.45, 7) is 6.44. The Labute approximate surface area is 91.6 Å². The Balaban J connectivity index is 2.65. The van der Waals surface area contributed by atoms with Crippen molar-refractivity contribution >= 4 is 34.1 Å². The van der Waals surface area contributed by atoms with Crippen LogP contribution in [0, 0.1) is 3.57 Å². The highest BCUT2D eigenvalue weighted by atomic mass is 127. The van der Waals surface area contributed by atoms with Gasteiger partial charge in [0, 0.05) is 26.5 Å². The molecule has 0 fully saturated rings. The summed E-state index contributed by atoms with van der Waals surface area (Å²) in [7, 11) is 0. The van der Waals surface area contributed by atoms with Gasteiger partial charge in [-0.1, -0.05) is 13.8 Å². The molecule has 0 bridgehead atoms. The second-order valence-corrected chi connectivity index (χ2v) is 5.09. The summed E-state index contributed by atoms with van der Waals surface area (Å²) in [4.78, 5) is 8.76. The lowest BCUT2D eigenvalue weighted by molar-refractivity contribution is 0.730. The van der Waals surface area contributed by atoms with Crippen LogP contribution in [-0.4, -0.2) is 10.7 Å². The first-order valence-corrected chi connectivity index (χ1v) is 5.31. The van der Waals surface area contributed by atoms with Gasteiger partial charge in [0.1, 0.15) is 0 Å². The maximum atomic E-state index is 4.45. The van der Waals surface area contributed by atoms with Crippen LogP contribution >= 0.6 is 22.6 Å². The molecule has 1 aromatic rings. The Hall–Kier alpha value is -0.450. The molecular formula is C10H11IN2. The monoisotopic (exact) mass is 286 g/mol. The molecule has 0 saturated heterocycles. The number of pyridine rings is 1. The number of aliphatic imine (C=N–C) groups is 1. The Morgan fingerprint density at radius 1 is 1.38 bits per heavy atom. The SMILES string of the molecule is CC1=Nc2ncc(I)cc2C1(C)C. The van der Waals surface area contributed by atoms with Crippen LogP contribution in [0.15, 0.2) is 17.3 Å². The highest BCUT2D eigenvalue weighted by Gasteiger charge is 2.32. The van der Waals surface area contributed by atoms with E-state index in [0.717, 1.165) is 11.5 Å². The van der Waals surface area contributed by atoms with Crippen molar-refractivity contribution in [1.29, 1.82) is 0 Å². The lowest BCUT2D eigenvalue weighted by atomic mass is 9.83. The highest BCUT2D eigenvalue weighted by Crippen LogP contribution is 2.38. The van der Waals surface area contributed by atoms with Gasteiger partial charge in [0.2, 0.25) is 0 Å². The molecule has 2 nitrogen and oxygen atoms in total. The Morgan fingerprint density at radius 2 is 2.08 bits per heavy atom. The van der Waals surface area contributed by atoms with Crippen LogP contribution in [0.2, 0.25) is 0 Å². The van der Waals surface area contributed by atoms with E-state index in [4.69, 9.17) is 0 Å². The Bertz CT molecular complexity index is 394. The number of hydrogen-bond donors (Lipinski definition) is 0. The molecule has 13 heavy (non-hydrogen) atoms. The number of hydrogen-bond acceptors (Lipinski definition) is 2. The summed E-state index contributed by atoms with van der Waals surface area (Å²) in [5, 5.41) is 0. The van der Waals surface area contributed by atoms with Crippen molar-refractivity contribution < 1.29 is 0 Å². The molecule has 1 aromatic heterocycles. The largest absolute Gasteiger partial charge is 0.237 e. The van der Waals surface area contributed by atoms with Gasteiger partial charge in [-0.15, -0.1) is 0 Å². The fourth-order valence-electron chi connectivity index (χ4n) is 1.47. The zero-order valence-corrected chi connectivity index (χ0v) is 10.1. The molecule has 0 N–H and O–H groups in total. The molecule has 0 spiro atoms. The molecule has 2 heterocycles. The molecule has 0 amide bonds. The van der Waals surface area contributed by atoms with E-state index in [9.17, 15) is 0 Å². The average molecular weight is 286 g/mol. The van der Waals surface area contributed by atoms with E-state index in [1.165, 1.54) is 9.13 Å². The minimum atomic E-state index is 0.0590. The van der Waals surface area contributed by atoms with Gasteiger partial charge in [0.25, 0.3) is 0 Å². The van der Waals surface area contributed by atoms with Gasteiger partial charge in [-0.2, -0.15) is 0 Å². The van der Waals surface area contributed by atoms with E-state index in [2.05, 4.69) is 59.4 Å². The zero-order chi connectivity index (χ0) is 9.64. The quantitative estimate of drug-likeness (QED) is 0.673. The highest BCUT2D eigenvalue weighted by molar-refractivity contribution is 14.1. The van der Waals surface area contributed by atoms with E-state index >= 15 is 0 Å². The molecular weight excluding hydrogens is 275 g/mol. The minimum absolute atomic E-state index is 0.0590. The van der Waals surface area contributed by atoms with Crippen LogP contribution in [0.3, 0.4) is 0 Å². The minimum Gasteiger partial charge on any atom is -0.237 e. The van der Waals surface area contributed by atoms with Gasteiger partial charge < -0.3 is 0 Å². The summed E-state index contributed by atoms with van der Waals surface area (Å²) >= 11 is 2.28. The molecule has 0 atom stereocenters. The standard InChI is InChI=1S/C10H11IN2/c1-6-10(2,3)8-4-7(11)5-12-9(8)13-6/h4-5H,1-3H3. The van der Waals surface area contributed by atoms with Crippen molar-refractivity contribution in [3.8, 4) is 0 Å². The number of aromatic nitrogens is 1. The molecule has 1 aliphatic rings. The third kappa shape index (κ3) is 1.29. The number of rotatable bonds is 0. The van der Waals surface area contributed by atoms with Crippen LogP contribution in [0.4, 0.5) is 5.82 Å². The van der Waals surface area contributed by atoms with E-state index in [0.29, 0.717) is 0 Å². The van der Waals surface area contributed by atoms with Crippen LogP contribution < -0.4 is 0 Å². The van der Waals surface area contributed by atoms with Crippen LogP contribution in [0.1, 0.15) is 26.3 Å². The molecule has 2 rings (SSSR count). The zero-order valence-electron chi connectivity index (χ0n) is 7.93. The summed E-state index contributed by atoms with van der Waals surface area (Å²) in [6.07, 6.45) is 1.86. The van der Waals surface area contributed by atoms with Crippen molar-refractivity contribution in [2.75, 3.05) is 0 Å². The first-order chi connectivity index (χ1) is 6.01. The van der Waals surface area contributed by atoms with Crippen molar-refractivity contribution in [2.45, 2.75) is 26.2 Å². The fourth-order valence-corrected chi connectivity index (χ4v) is 1.93. The predicted molar refractivity (Wildman–Crippen MR) is 62.7 cm³/mol. The lowest BCUT2D eigenvalue weighted by Gasteiger charge is -2.19.